The van der Waals surface area contributed by atoms with E-state index in [1.807, 2.05) is 0 Å². The van der Waals surface area contributed by atoms with Crippen molar-refractivity contribution in [2.45, 2.75) is 132 Å². The summed E-state index contributed by atoms with van der Waals surface area (Å²) in [5, 5.41) is 5.25. The van der Waals surface area contributed by atoms with Gasteiger partial charge < -0.3 is 49.0 Å². The van der Waals surface area contributed by atoms with Gasteiger partial charge in [0, 0.05) is 52.4 Å². The van der Waals surface area contributed by atoms with Crippen LogP contribution in [0.25, 0.3) is 0 Å². The van der Waals surface area contributed by atoms with Crippen molar-refractivity contribution >= 4 is 30.5 Å². The molecule has 0 unspecified atom stereocenters. The number of ether oxygens (including phenoxy) is 5. The molecule has 15 heteroatoms. The molecule has 0 saturated carbocycles. The van der Waals surface area contributed by atoms with Gasteiger partial charge in [0.05, 0.1) is 0 Å². The van der Waals surface area contributed by atoms with E-state index in [0.29, 0.717) is 0 Å². The van der Waals surface area contributed by atoms with E-state index < -0.39 is 58.5 Å². The van der Waals surface area contributed by atoms with Crippen molar-refractivity contribution in [2.24, 2.45) is 0 Å². The fraction of sp³-hybridized carbons (Fsp3) is 0.848. The van der Waals surface area contributed by atoms with Crippen LogP contribution in [-0.2, 0) is 23.7 Å². The maximum atomic E-state index is 13.3. The summed E-state index contributed by atoms with van der Waals surface area (Å²) in [5.41, 5.74) is -3.79. The van der Waals surface area contributed by atoms with Crippen LogP contribution in [0.1, 0.15) is 104 Å². The number of carbonyl (C=O) groups excluding carboxylic acids is 5. The van der Waals surface area contributed by atoms with Crippen molar-refractivity contribution in [2.75, 3.05) is 52.4 Å². The van der Waals surface area contributed by atoms with Crippen LogP contribution in [0.2, 0.25) is 0 Å². The van der Waals surface area contributed by atoms with Crippen molar-refractivity contribution in [3.63, 3.8) is 0 Å². The molecule has 0 rings (SSSR count). The minimum atomic E-state index is -0.820. The highest BCUT2D eigenvalue weighted by Crippen LogP contribution is 2.14. The summed E-state index contributed by atoms with van der Waals surface area (Å²) < 4.78 is 27.3. The first-order valence-electron chi connectivity index (χ1n) is 16.3. The van der Waals surface area contributed by atoms with Crippen LogP contribution in [0.15, 0.2) is 0 Å². The Balaban J connectivity index is 5.95. The smallest absolute Gasteiger partial charge is 0.410 e. The zero-order valence-corrected chi connectivity index (χ0v) is 32.1. The molecule has 0 aliphatic carbocycles. The molecule has 0 bridgehead atoms. The number of carbonyl (C=O) groups is 5. The predicted molar refractivity (Wildman–Crippen MR) is 182 cm³/mol. The zero-order valence-electron chi connectivity index (χ0n) is 32.1. The second kappa shape index (κ2) is 18.2. The van der Waals surface area contributed by atoms with Crippen LogP contribution >= 0.6 is 0 Å². The highest BCUT2D eigenvalue weighted by molar-refractivity contribution is 5.71. The molecule has 0 aliphatic heterocycles. The molecule has 15 nitrogen and oxygen atoms in total. The Morgan fingerprint density at radius 3 is 0.792 bits per heavy atom. The second-order valence-corrected chi connectivity index (χ2v) is 16.3. The monoisotopic (exact) mass is 689 g/mol. The van der Waals surface area contributed by atoms with Gasteiger partial charge in [0.15, 0.2) is 0 Å². The number of nitrogens with zero attached hydrogens (tertiary/aromatic N) is 3. The molecule has 0 spiro atoms. The summed E-state index contributed by atoms with van der Waals surface area (Å²) >= 11 is 0. The summed E-state index contributed by atoms with van der Waals surface area (Å²) in [6.45, 7) is 26.4. The van der Waals surface area contributed by atoms with Crippen LogP contribution in [0, 0.1) is 0 Å². The highest BCUT2D eigenvalue weighted by Gasteiger charge is 2.29. The first kappa shape index (κ1) is 44.4. The third-order valence-electron chi connectivity index (χ3n) is 5.33. The second-order valence-electron chi connectivity index (χ2n) is 16.3. The van der Waals surface area contributed by atoms with Gasteiger partial charge in [-0.2, -0.15) is 0 Å². The average molecular weight is 690 g/mol. The molecule has 0 aromatic heterocycles. The van der Waals surface area contributed by atoms with Crippen molar-refractivity contribution in [1.82, 2.24) is 25.3 Å². The summed E-state index contributed by atoms with van der Waals surface area (Å²) in [5.74, 6) is 0. The number of nitrogens with one attached hydrogen (secondary N) is 2. The third kappa shape index (κ3) is 23.6. The summed E-state index contributed by atoms with van der Waals surface area (Å²) in [4.78, 5) is 68.1. The molecule has 0 aliphatic rings. The Hall–Kier alpha value is -3.65. The topological polar surface area (TPSA) is 165 Å². The van der Waals surface area contributed by atoms with E-state index in [1.165, 1.54) is 14.7 Å². The van der Waals surface area contributed by atoms with E-state index in [1.54, 1.807) is 104 Å². The van der Waals surface area contributed by atoms with Crippen molar-refractivity contribution in [3.8, 4) is 0 Å². The SMILES string of the molecule is CC(C)(C)OC(=O)NCCN(CCN(CCN(CCNC(=O)OC(C)(C)C)C(=O)OC(C)(C)C)C(=O)OC(C)(C)C)C(=O)OC(C)(C)C. The van der Waals surface area contributed by atoms with Crippen LogP contribution in [0.5, 0.6) is 0 Å². The van der Waals surface area contributed by atoms with Gasteiger partial charge in [0.2, 0.25) is 0 Å². The number of hydrogen-bond acceptors (Lipinski definition) is 10. The van der Waals surface area contributed by atoms with Crippen LogP contribution in [0.4, 0.5) is 24.0 Å². The quantitative estimate of drug-likeness (QED) is 0.241. The van der Waals surface area contributed by atoms with Crippen molar-refractivity contribution < 1.29 is 47.7 Å². The summed E-state index contributed by atoms with van der Waals surface area (Å²) in [6.07, 6.45) is -3.20. The van der Waals surface area contributed by atoms with Gasteiger partial charge in [-0.3, -0.25) is 0 Å². The molecule has 5 amide bonds. The molecule has 0 fully saturated rings. The maximum absolute atomic E-state index is 13.3. The number of hydrogen-bond donors (Lipinski definition) is 2. The van der Waals surface area contributed by atoms with Gasteiger partial charge in [0.1, 0.15) is 28.0 Å². The van der Waals surface area contributed by atoms with E-state index in [9.17, 15) is 24.0 Å². The lowest BCUT2D eigenvalue weighted by Gasteiger charge is -2.33. The number of rotatable bonds is 12. The van der Waals surface area contributed by atoms with Gasteiger partial charge in [-0.05, 0) is 104 Å². The van der Waals surface area contributed by atoms with E-state index in [0.717, 1.165) is 0 Å². The largest absolute Gasteiger partial charge is 0.444 e. The Morgan fingerprint density at radius 2 is 0.583 bits per heavy atom. The summed E-state index contributed by atoms with van der Waals surface area (Å²) in [6, 6.07) is 0. The van der Waals surface area contributed by atoms with Gasteiger partial charge in [-0.25, -0.2) is 24.0 Å². The fourth-order valence-electron chi connectivity index (χ4n) is 3.56. The molecular formula is C33H63N5O10. The Kier molecular flexibility index (Phi) is 16.8. The fourth-order valence-corrected chi connectivity index (χ4v) is 3.56. The maximum Gasteiger partial charge on any atom is 0.410 e. The standard InChI is InChI=1S/C33H63N5O10/c1-29(2,3)44-24(39)34-16-18-36(26(41)46-31(7,8)9)20-22-38(28(43)48-33(13,14)15)23-21-37(27(42)47-32(10,11)12)19-17-35-25(40)45-30(4,5)6/h16-23H2,1-15H3,(H,34,39)(H,35,40). The molecule has 0 aromatic carbocycles. The number of alkyl carbamates (subject to hydrolysis) is 2. The molecule has 280 valence electrons. The predicted octanol–water partition coefficient (Wildman–Crippen LogP) is 5.75. The third-order valence-corrected chi connectivity index (χ3v) is 5.33. The molecule has 0 saturated heterocycles. The molecule has 0 aromatic rings. The van der Waals surface area contributed by atoms with Crippen molar-refractivity contribution in [3.05, 3.63) is 0 Å². The average Bonchev–Trinajstić information content (AvgIpc) is 2.80. The Labute approximate surface area is 287 Å². The van der Waals surface area contributed by atoms with E-state index in [4.69, 9.17) is 23.7 Å². The lowest BCUT2D eigenvalue weighted by Crippen LogP contribution is -2.49. The normalized spacial score (nSPS) is 12.3. The van der Waals surface area contributed by atoms with E-state index in [2.05, 4.69) is 10.6 Å². The lowest BCUT2D eigenvalue weighted by atomic mass is 10.2. The first-order valence-corrected chi connectivity index (χ1v) is 16.3. The van der Waals surface area contributed by atoms with E-state index >= 15 is 0 Å². The molecular weight excluding hydrogens is 626 g/mol. The Morgan fingerprint density at radius 1 is 0.375 bits per heavy atom. The zero-order chi connectivity index (χ0) is 37.7. The molecule has 48 heavy (non-hydrogen) atoms. The lowest BCUT2D eigenvalue weighted by molar-refractivity contribution is 0.00820. The Bertz CT molecular complexity index is 993. The van der Waals surface area contributed by atoms with Crippen LogP contribution < -0.4 is 10.6 Å². The minimum Gasteiger partial charge on any atom is -0.444 e. The highest BCUT2D eigenvalue weighted by atomic mass is 16.6. The van der Waals surface area contributed by atoms with Gasteiger partial charge in [-0.1, -0.05) is 0 Å². The van der Waals surface area contributed by atoms with E-state index in [-0.39, 0.29) is 52.4 Å². The molecule has 0 heterocycles. The van der Waals surface area contributed by atoms with Crippen molar-refractivity contribution in [1.29, 1.82) is 0 Å². The van der Waals surface area contributed by atoms with Crippen LogP contribution in [0.3, 0.4) is 0 Å². The molecule has 0 radical (unpaired) electrons. The molecule has 2 N–H and O–H groups in total. The van der Waals surface area contributed by atoms with Gasteiger partial charge in [-0.15, -0.1) is 0 Å². The van der Waals surface area contributed by atoms with Crippen LogP contribution in [-0.4, -0.2) is 126 Å². The van der Waals surface area contributed by atoms with Gasteiger partial charge in [0.25, 0.3) is 0 Å². The molecule has 0 atom stereocenters. The van der Waals surface area contributed by atoms with Gasteiger partial charge >= 0.3 is 30.5 Å². The first-order chi connectivity index (χ1) is 21.5. The number of amides is 5. The summed E-state index contributed by atoms with van der Waals surface area (Å²) in [7, 11) is 0. The minimum absolute atomic E-state index is 0.0128.